The van der Waals surface area contributed by atoms with Crippen LogP contribution < -0.4 is 4.90 Å². The van der Waals surface area contributed by atoms with Crippen LogP contribution in [-0.2, 0) is 0 Å². The van der Waals surface area contributed by atoms with Crippen LogP contribution in [0.5, 0.6) is 0 Å². The first kappa shape index (κ1) is 14.5. The molecule has 1 fully saturated rings. The lowest BCUT2D eigenvalue weighted by Crippen LogP contribution is -2.21. The van der Waals surface area contributed by atoms with Gasteiger partial charge < -0.3 is 4.90 Å². The minimum atomic E-state index is -0.499. The Hall–Kier alpha value is -1.91. The molecular formula is C15H20N2O3. The van der Waals surface area contributed by atoms with Gasteiger partial charge in [-0.2, -0.15) is 0 Å². The van der Waals surface area contributed by atoms with Gasteiger partial charge in [-0.1, -0.05) is 13.8 Å². The Morgan fingerprint density at radius 1 is 1.45 bits per heavy atom. The molecule has 0 N–H and O–H groups in total. The van der Waals surface area contributed by atoms with E-state index in [1.165, 1.54) is 13.0 Å². The third kappa shape index (κ3) is 2.81. The molecule has 108 valence electrons. The summed E-state index contributed by atoms with van der Waals surface area (Å²) in [5.74, 6) is 1.01. The Balaban J connectivity index is 2.28. The zero-order valence-electron chi connectivity index (χ0n) is 12.1. The predicted octanol–water partition coefficient (Wildman–Crippen LogP) is 3.28. The van der Waals surface area contributed by atoms with Gasteiger partial charge in [-0.05, 0) is 37.3 Å². The molecule has 5 heteroatoms. The van der Waals surface area contributed by atoms with Crippen molar-refractivity contribution in [1.29, 1.82) is 0 Å². The molecule has 1 saturated heterocycles. The van der Waals surface area contributed by atoms with Gasteiger partial charge in [-0.25, -0.2) is 0 Å². The Morgan fingerprint density at radius 2 is 2.15 bits per heavy atom. The van der Waals surface area contributed by atoms with Crippen molar-refractivity contribution in [2.24, 2.45) is 11.8 Å². The highest BCUT2D eigenvalue weighted by molar-refractivity contribution is 5.99. The van der Waals surface area contributed by atoms with Crippen LogP contribution in [-0.4, -0.2) is 23.8 Å². The summed E-state index contributed by atoms with van der Waals surface area (Å²) in [6.45, 7) is 7.69. The van der Waals surface area contributed by atoms with E-state index in [0.29, 0.717) is 11.8 Å². The second kappa shape index (κ2) is 5.61. The quantitative estimate of drug-likeness (QED) is 0.481. The second-order valence-corrected chi connectivity index (χ2v) is 5.75. The molecule has 1 aromatic carbocycles. The zero-order valence-corrected chi connectivity index (χ0v) is 12.1. The van der Waals surface area contributed by atoms with E-state index in [4.69, 9.17) is 0 Å². The average molecular weight is 276 g/mol. The monoisotopic (exact) mass is 276 g/mol. The molecular weight excluding hydrogens is 256 g/mol. The van der Waals surface area contributed by atoms with E-state index < -0.39 is 4.92 Å². The fourth-order valence-electron chi connectivity index (χ4n) is 2.73. The Labute approximate surface area is 118 Å². The van der Waals surface area contributed by atoms with Crippen LogP contribution in [0, 0.1) is 22.0 Å². The molecule has 1 heterocycles. The number of ketones is 1. The van der Waals surface area contributed by atoms with Crippen molar-refractivity contribution in [3.05, 3.63) is 33.9 Å². The van der Waals surface area contributed by atoms with Gasteiger partial charge >= 0.3 is 0 Å². The molecule has 20 heavy (non-hydrogen) atoms. The molecule has 0 aliphatic carbocycles. The van der Waals surface area contributed by atoms with Gasteiger partial charge in [0.05, 0.1) is 10.5 Å². The van der Waals surface area contributed by atoms with Crippen molar-refractivity contribution in [1.82, 2.24) is 0 Å². The standard InChI is InChI=1S/C15H20N2O3/c1-10(2)12-6-7-16(9-12)13-4-5-15(17(19)20)14(8-13)11(3)18/h4-5,8,10,12H,6-7,9H2,1-3H3. The first-order valence-corrected chi connectivity index (χ1v) is 6.94. The average Bonchev–Trinajstić information content (AvgIpc) is 2.87. The summed E-state index contributed by atoms with van der Waals surface area (Å²) in [5.41, 5.74) is 0.991. The van der Waals surface area contributed by atoms with Gasteiger partial charge in [0.2, 0.25) is 0 Å². The Kier molecular flexibility index (Phi) is 4.06. The van der Waals surface area contributed by atoms with Crippen LogP contribution in [0.1, 0.15) is 37.6 Å². The van der Waals surface area contributed by atoms with Crippen LogP contribution in [0.4, 0.5) is 11.4 Å². The number of Topliss-reactive ketones (excluding diaryl/α,β-unsaturated/α-hetero) is 1. The number of nitro benzene ring substituents is 1. The molecule has 0 saturated carbocycles. The first-order valence-electron chi connectivity index (χ1n) is 6.94. The van der Waals surface area contributed by atoms with E-state index in [1.807, 2.05) is 0 Å². The van der Waals surface area contributed by atoms with Gasteiger partial charge in [0.1, 0.15) is 0 Å². The minimum Gasteiger partial charge on any atom is -0.371 e. The number of hydrogen-bond acceptors (Lipinski definition) is 4. The molecule has 1 aliphatic heterocycles. The molecule has 1 aliphatic rings. The summed E-state index contributed by atoms with van der Waals surface area (Å²) in [7, 11) is 0. The summed E-state index contributed by atoms with van der Waals surface area (Å²) in [6, 6.07) is 4.84. The summed E-state index contributed by atoms with van der Waals surface area (Å²) in [5, 5.41) is 10.9. The molecule has 0 amide bonds. The topological polar surface area (TPSA) is 63.5 Å². The van der Waals surface area contributed by atoms with Crippen molar-refractivity contribution in [2.75, 3.05) is 18.0 Å². The Morgan fingerprint density at radius 3 is 2.65 bits per heavy atom. The maximum absolute atomic E-state index is 11.6. The summed E-state index contributed by atoms with van der Waals surface area (Å²) in [6.07, 6.45) is 1.13. The molecule has 1 atom stereocenters. The highest BCUT2D eigenvalue weighted by Crippen LogP contribution is 2.31. The van der Waals surface area contributed by atoms with Crippen LogP contribution in [0.2, 0.25) is 0 Å². The van der Waals surface area contributed by atoms with Gasteiger partial charge in [0.15, 0.2) is 5.78 Å². The van der Waals surface area contributed by atoms with Crippen molar-refractivity contribution in [3.63, 3.8) is 0 Å². The van der Waals surface area contributed by atoms with Gasteiger partial charge in [-0.15, -0.1) is 0 Å². The smallest absolute Gasteiger partial charge is 0.280 e. The van der Waals surface area contributed by atoms with Crippen LogP contribution in [0.25, 0.3) is 0 Å². The number of anilines is 1. The molecule has 0 spiro atoms. The van der Waals surface area contributed by atoms with Crippen molar-refractivity contribution in [2.45, 2.75) is 27.2 Å². The van der Waals surface area contributed by atoms with E-state index >= 15 is 0 Å². The highest BCUT2D eigenvalue weighted by Gasteiger charge is 2.26. The van der Waals surface area contributed by atoms with Crippen LogP contribution in [0.3, 0.4) is 0 Å². The summed E-state index contributed by atoms with van der Waals surface area (Å²) < 4.78 is 0. The first-order chi connectivity index (χ1) is 9.40. The van der Waals surface area contributed by atoms with Crippen molar-refractivity contribution < 1.29 is 9.72 Å². The fraction of sp³-hybridized carbons (Fsp3) is 0.533. The molecule has 5 nitrogen and oxygen atoms in total. The van der Waals surface area contributed by atoms with E-state index in [-0.39, 0.29) is 17.0 Å². The number of nitrogens with zero attached hydrogens (tertiary/aromatic N) is 2. The Bertz CT molecular complexity index is 540. The lowest BCUT2D eigenvalue weighted by atomic mass is 9.95. The normalized spacial score (nSPS) is 18.6. The predicted molar refractivity (Wildman–Crippen MR) is 78.3 cm³/mol. The fourth-order valence-corrected chi connectivity index (χ4v) is 2.73. The summed E-state index contributed by atoms with van der Waals surface area (Å²) >= 11 is 0. The highest BCUT2D eigenvalue weighted by atomic mass is 16.6. The van der Waals surface area contributed by atoms with E-state index in [0.717, 1.165) is 25.2 Å². The number of hydrogen-bond donors (Lipinski definition) is 0. The van der Waals surface area contributed by atoms with Gasteiger partial charge in [0.25, 0.3) is 5.69 Å². The molecule has 1 aromatic rings. The van der Waals surface area contributed by atoms with Gasteiger partial charge in [0, 0.05) is 24.8 Å². The maximum Gasteiger partial charge on any atom is 0.280 e. The van der Waals surface area contributed by atoms with Gasteiger partial charge in [-0.3, -0.25) is 14.9 Å². The molecule has 1 unspecified atom stereocenters. The third-order valence-corrected chi connectivity index (χ3v) is 4.09. The van der Waals surface area contributed by atoms with Crippen molar-refractivity contribution >= 4 is 17.2 Å². The molecule has 0 bridgehead atoms. The number of nitro groups is 1. The number of benzene rings is 1. The largest absolute Gasteiger partial charge is 0.371 e. The zero-order chi connectivity index (χ0) is 14.9. The van der Waals surface area contributed by atoms with E-state index in [1.54, 1.807) is 12.1 Å². The number of carbonyl (C=O) groups is 1. The third-order valence-electron chi connectivity index (χ3n) is 4.09. The van der Waals surface area contributed by atoms with Crippen LogP contribution in [0.15, 0.2) is 18.2 Å². The number of carbonyl (C=O) groups excluding carboxylic acids is 1. The van der Waals surface area contributed by atoms with Crippen molar-refractivity contribution in [3.8, 4) is 0 Å². The lowest BCUT2D eigenvalue weighted by Gasteiger charge is -2.20. The van der Waals surface area contributed by atoms with E-state index in [2.05, 4.69) is 18.7 Å². The number of rotatable bonds is 4. The molecule has 0 radical (unpaired) electrons. The molecule has 2 rings (SSSR count). The van der Waals surface area contributed by atoms with Crippen LogP contribution >= 0.6 is 0 Å². The SMILES string of the molecule is CC(=O)c1cc(N2CCC(C(C)C)C2)ccc1[N+](=O)[O-]. The summed E-state index contributed by atoms with van der Waals surface area (Å²) in [4.78, 5) is 24.2. The minimum absolute atomic E-state index is 0.110. The maximum atomic E-state index is 11.6. The molecule has 0 aromatic heterocycles. The lowest BCUT2D eigenvalue weighted by molar-refractivity contribution is -0.385. The van der Waals surface area contributed by atoms with E-state index in [9.17, 15) is 14.9 Å². The second-order valence-electron chi connectivity index (χ2n) is 5.75.